The molecule has 1 saturated carbocycles. The van der Waals surface area contributed by atoms with Crippen LogP contribution in [-0.4, -0.2) is 22.6 Å². The van der Waals surface area contributed by atoms with Crippen LogP contribution in [0.5, 0.6) is 0 Å². The number of nitrogens with one attached hydrogen (secondary N) is 2. The third-order valence-corrected chi connectivity index (χ3v) is 3.89. The van der Waals surface area contributed by atoms with E-state index in [-0.39, 0.29) is 11.3 Å². The van der Waals surface area contributed by atoms with Gasteiger partial charge in [-0.1, -0.05) is 26.7 Å². The van der Waals surface area contributed by atoms with Crippen LogP contribution in [0, 0.1) is 5.41 Å². The maximum atomic E-state index is 12.3. The van der Waals surface area contributed by atoms with E-state index in [9.17, 15) is 4.79 Å². The quantitative estimate of drug-likeness (QED) is 0.764. The van der Waals surface area contributed by atoms with Crippen LogP contribution in [0.25, 0.3) is 0 Å². The Kier molecular flexibility index (Phi) is 3.71. The van der Waals surface area contributed by atoms with Gasteiger partial charge in [0.15, 0.2) is 5.82 Å². The fourth-order valence-electron chi connectivity index (χ4n) is 2.52. The topological polar surface area (TPSA) is 83.8 Å². The van der Waals surface area contributed by atoms with Gasteiger partial charge in [0.2, 0.25) is 5.91 Å². The summed E-state index contributed by atoms with van der Waals surface area (Å²) in [7, 11) is 0. The van der Waals surface area contributed by atoms with E-state index in [0.717, 1.165) is 31.4 Å². The summed E-state index contributed by atoms with van der Waals surface area (Å²) in [5.74, 6) is 0.992. The highest BCUT2D eigenvalue weighted by Crippen LogP contribution is 2.38. The minimum atomic E-state index is -0.378. The van der Waals surface area contributed by atoms with Crippen molar-refractivity contribution in [1.82, 2.24) is 10.2 Å². The number of anilines is 1. The maximum Gasteiger partial charge on any atom is 0.233 e. The lowest BCUT2D eigenvalue weighted by atomic mass is 9.85. The van der Waals surface area contributed by atoms with E-state index in [0.29, 0.717) is 18.3 Å². The average molecular weight is 250 g/mol. The van der Waals surface area contributed by atoms with Gasteiger partial charge in [-0.05, 0) is 18.8 Å². The fourth-order valence-corrected chi connectivity index (χ4v) is 2.52. The summed E-state index contributed by atoms with van der Waals surface area (Å²) in [6.45, 7) is 4.58. The van der Waals surface area contributed by atoms with Crippen LogP contribution in [0.1, 0.15) is 51.1 Å². The van der Waals surface area contributed by atoms with E-state index in [2.05, 4.69) is 29.4 Å². The first-order chi connectivity index (χ1) is 8.57. The third kappa shape index (κ3) is 2.41. The smallest absolute Gasteiger partial charge is 0.233 e. The highest BCUT2D eigenvalue weighted by molar-refractivity contribution is 5.95. The van der Waals surface area contributed by atoms with Crippen molar-refractivity contribution >= 4 is 11.7 Å². The number of amides is 1. The van der Waals surface area contributed by atoms with Gasteiger partial charge in [0, 0.05) is 18.3 Å². The molecule has 2 rings (SSSR count). The number of hydrogen-bond acceptors (Lipinski definition) is 3. The molecule has 0 bridgehead atoms. The minimum Gasteiger partial charge on any atom is -0.329 e. The Hall–Kier alpha value is -1.36. The third-order valence-electron chi connectivity index (χ3n) is 3.89. The van der Waals surface area contributed by atoms with E-state index in [1.54, 1.807) is 0 Å². The Bertz CT molecular complexity index is 418. The van der Waals surface area contributed by atoms with Crippen molar-refractivity contribution in [3.63, 3.8) is 0 Å². The molecule has 5 heteroatoms. The van der Waals surface area contributed by atoms with E-state index < -0.39 is 0 Å². The largest absolute Gasteiger partial charge is 0.329 e. The molecule has 0 aromatic carbocycles. The molecule has 0 unspecified atom stereocenters. The van der Waals surface area contributed by atoms with E-state index in [1.165, 1.54) is 0 Å². The van der Waals surface area contributed by atoms with Crippen molar-refractivity contribution in [3.8, 4) is 0 Å². The van der Waals surface area contributed by atoms with E-state index >= 15 is 0 Å². The molecule has 1 aliphatic carbocycles. The second kappa shape index (κ2) is 5.10. The lowest BCUT2D eigenvalue weighted by molar-refractivity contribution is -0.124. The highest BCUT2D eigenvalue weighted by Gasteiger charge is 2.40. The molecule has 18 heavy (non-hydrogen) atoms. The molecule has 1 heterocycles. The molecule has 1 aromatic rings. The number of rotatable bonds is 4. The molecule has 0 atom stereocenters. The summed E-state index contributed by atoms with van der Waals surface area (Å²) in [6.07, 6.45) is 3.94. The first-order valence-corrected chi connectivity index (χ1v) is 6.64. The van der Waals surface area contributed by atoms with Gasteiger partial charge in [-0.25, -0.2) is 0 Å². The second-order valence-electron chi connectivity index (χ2n) is 5.51. The molecule has 1 fully saturated rings. The molecular weight excluding hydrogens is 228 g/mol. The number of carbonyl (C=O) groups is 1. The zero-order valence-electron chi connectivity index (χ0n) is 11.1. The summed E-state index contributed by atoms with van der Waals surface area (Å²) in [5, 5.41) is 9.94. The minimum absolute atomic E-state index is 0.0179. The van der Waals surface area contributed by atoms with Crippen molar-refractivity contribution < 1.29 is 4.79 Å². The fraction of sp³-hybridized carbons (Fsp3) is 0.692. The van der Waals surface area contributed by atoms with Gasteiger partial charge in [-0.2, -0.15) is 5.10 Å². The number of carbonyl (C=O) groups excluding carboxylic acids is 1. The molecule has 0 radical (unpaired) electrons. The monoisotopic (exact) mass is 250 g/mol. The Morgan fingerprint density at radius 1 is 1.56 bits per heavy atom. The van der Waals surface area contributed by atoms with Crippen molar-refractivity contribution in [2.45, 2.75) is 45.4 Å². The lowest BCUT2D eigenvalue weighted by Crippen LogP contribution is -2.40. The van der Waals surface area contributed by atoms with Crippen molar-refractivity contribution in [3.05, 3.63) is 11.8 Å². The molecule has 1 aliphatic rings. The highest BCUT2D eigenvalue weighted by atomic mass is 16.2. The normalized spacial score (nSPS) is 18.2. The molecule has 1 amide bonds. The zero-order valence-corrected chi connectivity index (χ0v) is 11.1. The first kappa shape index (κ1) is 13.1. The SMILES string of the molecule is CC(C)c1cc(NC(=O)C2(CN)CCCC2)n[nH]1. The summed E-state index contributed by atoms with van der Waals surface area (Å²) in [6, 6.07) is 1.89. The maximum absolute atomic E-state index is 12.3. The van der Waals surface area contributed by atoms with Gasteiger partial charge in [-0.15, -0.1) is 0 Å². The van der Waals surface area contributed by atoms with Gasteiger partial charge >= 0.3 is 0 Å². The molecule has 0 saturated heterocycles. The number of aromatic nitrogens is 2. The van der Waals surface area contributed by atoms with Crippen LogP contribution in [0.4, 0.5) is 5.82 Å². The summed E-state index contributed by atoms with van der Waals surface area (Å²) in [4.78, 5) is 12.3. The van der Waals surface area contributed by atoms with Crippen molar-refractivity contribution in [2.24, 2.45) is 11.1 Å². The van der Waals surface area contributed by atoms with Gasteiger partial charge in [0.05, 0.1) is 5.41 Å². The average Bonchev–Trinajstić information content (AvgIpc) is 2.97. The van der Waals surface area contributed by atoms with Crippen LogP contribution < -0.4 is 11.1 Å². The van der Waals surface area contributed by atoms with Crippen molar-refractivity contribution in [1.29, 1.82) is 0 Å². The number of aromatic amines is 1. The van der Waals surface area contributed by atoms with Crippen LogP contribution in [0.3, 0.4) is 0 Å². The van der Waals surface area contributed by atoms with Crippen LogP contribution in [-0.2, 0) is 4.79 Å². The number of nitrogens with zero attached hydrogens (tertiary/aromatic N) is 1. The van der Waals surface area contributed by atoms with Gasteiger partial charge in [0.25, 0.3) is 0 Å². The van der Waals surface area contributed by atoms with Gasteiger partial charge in [-0.3, -0.25) is 9.89 Å². The van der Waals surface area contributed by atoms with Crippen LogP contribution >= 0.6 is 0 Å². The van der Waals surface area contributed by atoms with Crippen LogP contribution in [0.15, 0.2) is 6.07 Å². The molecule has 4 N–H and O–H groups in total. The molecule has 0 spiro atoms. The molecular formula is C13H22N4O. The number of H-pyrrole nitrogens is 1. The summed E-state index contributed by atoms with van der Waals surface area (Å²) >= 11 is 0. The summed E-state index contributed by atoms with van der Waals surface area (Å²) in [5.41, 5.74) is 6.44. The molecule has 1 aromatic heterocycles. The summed E-state index contributed by atoms with van der Waals surface area (Å²) < 4.78 is 0. The number of hydrogen-bond donors (Lipinski definition) is 3. The lowest BCUT2D eigenvalue weighted by Gasteiger charge is -2.24. The predicted octanol–water partition coefficient (Wildman–Crippen LogP) is 1.99. The molecule has 100 valence electrons. The van der Waals surface area contributed by atoms with Gasteiger partial charge < -0.3 is 11.1 Å². The second-order valence-corrected chi connectivity index (χ2v) is 5.51. The Balaban J connectivity index is 2.06. The van der Waals surface area contributed by atoms with Gasteiger partial charge in [0.1, 0.15) is 0 Å². The predicted molar refractivity (Wildman–Crippen MR) is 71.3 cm³/mol. The Morgan fingerprint density at radius 3 is 2.72 bits per heavy atom. The van der Waals surface area contributed by atoms with E-state index in [1.807, 2.05) is 6.07 Å². The van der Waals surface area contributed by atoms with Crippen LogP contribution in [0.2, 0.25) is 0 Å². The number of nitrogens with two attached hydrogens (primary N) is 1. The van der Waals surface area contributed by atoms with E-state index in [4.69, 9.17) is 5.73 Å². The Morgan fingerprint density at radius 2 is 2.22 bits per heavy atom. The standard InChI is InChI=1S/C13H22N4O/c1-9(2)10-7-11(17-16-10)15-12(18)13(8-14)5-3-4-6-13/h7,9H,3-6,8,14H2,1-2H3,(H2,15,16,17,18). The van der Waals surface area contributed by atoms with Crippen molar-refractivity contribution in [2.75, 3.05) is 11.9 Å². The zero-order chi connectivity index (χ0) is 13.2. The molecule has 5 nitrogen and oxygen atoms in total. The first-order valence-electron chi connectivity index (χ1n) is 6.64. The molecule has 0 aliphatic heterocycles. The Labute approximate surface area is 108 Å².